The summed E-state index contributed by atoms with van der Waals surface area (Å²) in [7, 11) is 1.17. The lowest BCUT2D eigenvalue weighted by Gasteiger charge is -2.41. The van der Waals surface area contributed by atoms with E-state index in [1.54, 1.807) is 13.2 Å². The average molecular weight is 321 g/mol. The fraction of sp³-hybridized carbons (Fsp3) is 0.647. The number of rotatable bonds is 4. The van der Waals surface area contributed by atoms with Gasteiger partial charge in [0.25, 0.3) is 0 Å². The Morgan fingerprint density at radius 2 is 1.78 bits per heavy atom. The molecular weight excluding hydrogens is 296 g/mol. The van der Waals surface area contributed by atoms with Crippen LogP contribution in [0.5, 0.6) is 0 Å². The fourth-order valence-corrected chi connectivity index (χ4v) is 3.02. The quantitative estimate of drug-likeness (QED) is 0.796. The van der Waals surface area contributed by atoms with Crippen LogP contribution in [0.1, 0.15) is 27.7 Å². The second kappa shape index (κ2) is 5.76. The van der Waals surface area contributed by atoms with E-state index in [0.717, 1.165) is 30.8 Å². The lowest BCUT2D eigenvalue weighted by atomic mass is 9.78. The van der Waals surface area contributed by atoms with Crippen molar-refractivity contribution in [3.05, 3.63) is 24.0 Å². The Bertz CT molecular complexity index is 571. The molecule has 0 aromatic heterocycles. The molecule has 2 heterocycles. The Balaban J connectivity index is 1.77. The Labute approximate surface area is 138 Å². The first-order chi connectivity index (χ1) is 10.7. The van der Waals surface area contributed by atoms with E-state index in [1.807, 2.05) is 33.8 Å². The topological polar surface area (TPSA) is 30.9 Å². The van der Waals surface area contributed by atoms with Crippen molar-refractivity contribution in [3.8, 4) is 0 Å². The second-order valence-electron chi connectivity index (χ2n) is 7.56. The molecule has 2 aliphatic heterocycles. The molecule has 1 aromatic rings. The van der Waals surface area contributed by atoms with Crippen LogP contribution >= 0.6 is 0 Å². The zero-order chi connectivity index (χ0) is 16.8. The third-order valence-electron chi connectivity index (χ3n) is 5.15. The van der Waals surface area contributed by atoms with Crippen molar-refractivity contribution < 1.29 is 18.4 Å². The summed E-state index contributed by atoms with van der Waals surface area (Å²) in [5.74, 6) is 0.256. The number of benzene rings is 1. The predicted octanol–water partition coefficient (Wildman–Crippen LogP) is 2.21. The van der Waals surface area contributed by atoms with Gasteiger partial charge in [-0.3, -0.25) is 0 Å². The minimum Gasteiger partial charge on any atom is -0.399 e. The Morgan fingerprint density at radius 3 is 2.35 bits per heavy atom. The summed E-state index contributed by atoms with van der Waals surface area (Å²) >= 11 is 0. The molecule has 23 heavy (non-hydrogen) atoms. The van der Waals surface area contributed by atoms with Gasteiger partial charge in [-0.15, -0.1) is 0 Å². The van der Waals surface area contributed by atoms with Crippen LogP contribution in [0.3, 0.4) is 0 Å². The highest BCUT2D eigenvalue weighted by atomic mass is 19.1. The van der Waals surface area contributed by atoms with Gasteiger partial charge < -0.3 is 18.9 Å². The third-order valence-corrected chi connectivity index (χ3v) is 5.15. The largest absolute Gasteiger partial charge is 0.495 e. The van der Waals surface area contributed by atoms with Crippen LogP contribution in [-0.2, 0) is 14.0 Å². The molecular formula is C17H25BFNO3. The molecule has 6 heteroatoms. The Hall–Kier alpha value is -1.11. The molecule has 2 saturated heterocycles. The van der Waals surface area contributed by atoms with E-state index in [9.17, 15) is 4.39 Å². The van der Waals surface area contributed by atoms with Crippen molar-refractivity contribution in [3.63, 3.8) is 0 Å². The van der Waals surface area contributed by atoms with Crippen molar-refractivity contribution in [2.24, 2.45) is 5.92 Å². The highest BCUT2D eigenvalue weighted by molar-refractivity contribution is 6.62. The number of nitrogens with zero attached hydrogens (tertiary/aromatic N) is 1. The summed E-state index contributed by atoms with van der Waals surface area (Å²) in [6, 6.07) is 5.03. The van der Waals surface area contributed by atoms with Gasteiger partial charge in [0.1, 0.15) is 5.82 Å². The van der Waals surface area contributed by atoms with E-state index in [4.69, 9.17) is 14.0 Å². The van der Waals surface area contributed by atoms with Crippen molar-refractivity contribution in [1.29, 1.82) is 0 Å². The molecule has 0 N–H and O–H groups in total. The summed E-state index contributed by atoms with van der Waals surface area (Å²) < 4.78 is 31.3. The maximum atomic E-state index is 14.1. The van der Waals surface area contributed by atoms with Crippen LogP contribution in [0.2, 0.25) is 0 Å². The summed E-state index contributed by atoms with van der Waals surface area (Å²) in [5.41, 5.74) is 0.755. The SMILES string of the molecule is COCC1CN(c2cc(F)cc(B3OC(C)(C)C(C)(C)O3)c2)C1. The standard InChI is InChI=1S/C17H25BFNO3/c1-16(2)17(3,4)23-18(22-16)13-6-14(19)8-15(7-13)20-9-12(10-20)11-21-5/h6-8,12H,9-11H2,1-5H3. The van der Waals surface area contributed by atoms with Crippen LogP contribution in [0, 0.1) is 11.7 Å². The molecule has 0 bridgehead atoms. The predicted molar refractivity (Wildman–Crippen MR) is 89.7 cm³/mol. The zero-order valence-electron chi connectivity index (χ0n) is 14.6. The molecule has 2 aliphatic rings. The van der Waals surface area contributed by atoms with Crippen LogP contribution in [0.25, 0.3) is 0 Å². The molecule has 0 unspecified atom stereocenters. The van der Waals surface area contributed by atoms with Gasteiger partial charge in [0.05, 0.1) is 17.8 Å². The van der Waals surface area contributed by atoms with E-state index in [1.165, 1.54) is 6.07 Å². The monoisotopic (exact) mass is 321 g/mol. The maximum absolute atomic E-state index is 14.1. The van der Waals surface area contributed by atoms with Crippen LogP contribution in [0.15, 0.2) is 18.2 Å². The smallest absolute Gasteiger partial charge is 0.399 e. The summed E-state index contributed by atoms with van der Waals surface area (Å²) in [6.45, 7) is 10.5. The fourth-order valence-electron chi connectivity index (χ4n) is 3.02. The number of anilines is 1. The van der Waals surface area contributed by atoms with Crippen LogP contribution in [0.4, 0.5) is 10.1 Å². The molecule has 2 fully saturated rings. The first-order valence-electron chi connectivity index (χ1n) is 8.12. The van der Waals surface area contributed by atoms with Gasteiger partial charge in [0, 0.05) is 31.8 Å². The number of ether oxygens (including phenoxy) is 1. The van der Waals surface area contributed by atoms with E-state index in [2.05, 4.69) is 4.90 Å². The van der Waals surface area contributed by atoms with E-state index in [0.29, 0.717) is 5.92 Å². The Morgan fingerprint density at radius 1 is 1.17 bits per heavy atom. The van der Waals surface area contributed by atoms with Crippen molar-refractivity contribution in [2.45, 2.75) is 38.9 Å². The highest BCUT2D eigenvalue weighted by Gasteiger charge is 2.51. The average Bonchev–Trinajstić information content (AvgIpc) is 2.61. The zero-order valence-corrected chi connectivity index (χ0v) is 14.6. The molecule has 0 saturated carbocycles. The molecule has 126 valence electrons. The minimum atomic E-state index is -0.537. The minimum absolute atomic E-state index is 0.262. The van der Waals surface area contributed by atoms with E-state index < -0.39 is 18.3 Å². The van der Waals surface area contributed by atoms with Crippen LogP contribution in [-0.4, -0.2) is 45.1 Å². The normalized spacial score (nSPS) is 23.2. The van der Waals surface area contributed by atoms with Crippen molar-refractivity contribution in [2.75, 3.05) is 31.7 Å². The number of halogens is 1. The molecule has 0 atom stereocenters. The molecule has 4 nitrogen and oxygen atoms in total. The van der Waals surface area contributed by atoms with Gasteiger partial charge in [-0.25, -0.2) is 4.39 Å². The molecule has 0 amide bonds. The van der Waals surface area contributed by atoms with Crippen molar-refractivity contribution >= 4 is 18.3 Å². The number of methoxy groups -OCH3 is 1. The van der Waals surface area contributed by atoms with Crippen molar-refractivity contribution in [1.82, 2.24) is 0 Å². The summed E-state index contributed by atoms with van der Waals surface area (Å²) in [5, 5.41) is 0. The number of hydrogen-bond donors (Lipinski definition) is 0. The first kappa shape index (κ1) is 16.7. The molecule has 0 spiro atoms. The first-order valence-corrected chi connectivity index (χ1v) is 8.12. The third kappa shape index (κ3) is 3.12. The van der Waals surface area contributed by atoms with Gasteiger partial charge >= 0.3 is 7.12 Å². The highest BCUT2D eigenvalue weighted by Crippen LogP contribution is 2.37. The lowest BCUT2D eigenvalue weighted by Crippen LogP contribution is -2.49. The van der Waals surface area contributed by atoms with Gasteiger partial charge in [0.2, 0.25) is 0 Å². The van der Waals surface area contributed by atoms with Crippen LogP contribution < -0.4 is 10.4 Å². The molecule has 3 rings (SSSR count). The van der Waals surface area contributed by atoms with Gasteiger partial charge in [-0.2, -0.15) is 0 Å². The maximum Gasteiger partial charge on any atom is 0.495 e. The molecule has 1 aromatic carbocycles. The van der Waals surface area contributed by atoms with E-state index in [-0.39, 0.29) is 5.82 Å². The second-order valence-corrected chi connectivity index (χ2v) is 7.56. The van der Waals surface area contributed by atoms with E-state index >= 15 is 0 Å². The van der Waals surface area contributed by atoms with Gasteiger partial charge in [-0.05, 0) is 51.4 Å². The van der Waals surface area contributed by atoms with Gasteiger partial charge in [-0.1, -0.05) is 0 Å². The van der Waals surface area contributed by atoms with Gasteiger partial charge in [0.15, 0.2) is 0 Å². The summed E-state index contributed by atoms with van der Waals surface area (Å²) in [4.78, 5) is 2.15. The lowest BCUT2D eigenvalue weighted by molar-refractivity contribution is 0.00578. The molecule has 0 aliphatic carbocycles. The number of hydrogen-bond acceptors (Lipinski definition) is 4. The Kier molecular flexibility index (Phi) is 4.19. The summed E-state index contributed by atoms with van der Waals surface area (Å²) in [6.07, 6.45) is 0. The molecule has 0 radical (unpaired) electrons.